The van der Waals surface area contributed by atoms with E-state index in [4.69, 9.17) is 4.42 Å². The lowest BCUT2D eigenvalue weighted by molar-refractivity contribution is 0.415. The summed E-state index contributed by atoms with van der Waals surface area (Å²) in [6, 6.07) is 11.3. The molecular formula is C14H17NOS. The van der Waals surface area contributed by atoms with E-state index in [0.717, 1.165) is 11.3 Å². The van der Waals surface area contributed by atoms with Crippen LogP contribution in [0.15, 0.2) is 34.7 Å². The van der Waals surface area contributed by atoms with Gasteiger partial charge in [0, 0.05) is 17.2 Å². The third kappa shape index (κ3) is 2.35. The number of nitrogens with one attached hydrogen (secondary N) is 1. The number of fused-ring (bicyclic) bond motifs is 1. The van der Waals surface area contributed by atoms with Crippen LogP contribution in [-0.4, -0.2) is 17.5 Å². The molecule has 2 atom stereocenters. The average Bonchev–Trinajstić information content (AvgIpc) is 2.96. The van der Waals surface area contributed by atoms with E-state index in [-0.39, 0.29) is 0 Å². The van der Waals surface area contributed by atoms with Crippen LogP contribution < -0.4 is 5.32 Å². The predicted octanol–water partition coefficient (Wildman–Crippen LogP) is 3.59. The van der Waals surface area contributed by atoms with E-state index >= 15 is 0 Å². The summed E-state index contributed by atoms with van der Waals surface area (Å²) in [5.41, 5.74) is 0.983. The normalized spacial score (nSPS) is 22.1. The number of thioether (sulfide) groups is 1. The van der Waals surface area contributed by atoms with E-state index < -0.39 is 0 Å². The number of furan rings is 1. The Hall–Kier alpha value is -0.930. The number of para-hydroxylation sites is 1. The molecule has 1 fully saturated rings. The molecule has 2 unspecified atom stereocenters. The molecule has 1 aliphatic heterocycles. The second-order valence-electron chi connectivity index (χ2n) is 4.64. The van der Waals surface area contributed by atoms with Crippen LogP contribution >= 0.6 is 11.8 Å². The molecule has 3 rings (SSSR count). The van der Waals surface area contributed by atoms with E-state index in [1.807, 2.05) is 30.0 Å². The van der Waals surface area contributed by atoms with Crippen molar-refractivity contribution >= 4 is 22.7 Å². The van der Waals surface area contributed by atoms with Crippen molar-refractivity contribution in [1.29, 1.82) is 0 Å². The molecular weight excluding hydrogens is 230 g/mol. The zero-order valence-corrected chi connectivity index (χ0v) is 10.8. The first kappa shape index (κ1) is 11.2. The van der Waals surface area contributed by atoms with Crippen LogP contribution in [0.5, 0.6) is 0 Å². The van der Waals surface area contributed by atoms with Gasteiger partial charge in [0.05, 0.1) is 6.04 Å². The fraction of sp³-hybridized carbons (Fsp3) is 0.429. The first-order valence-electron chi connectivity index (χ1n) is 6.15. The van der Waals surface area contributed by atoms with Crippen LogP contribution in [0.25, 0.3) is 11.0 Å². The first-order chi connectivity index (χ1) is 8.33. The van der Waals surface area contributed by atoms with Gasteiger partial charge in [-0.15, -0.1) is 0 Å². The monoisotopic (exact) mass is 247 g/mol. The first-order valence-corrected chi connectivity index (χ1v) is 7.30. The zero-order chi connectivity index (χ0) is 11.7. The largest absolute Gasteiger partial charge is 0.459 e. The van der Waals surface area contributed by atoms with Crippen LogP contribution in [0.4, 0.5) is 0 Å². The highest BCUT2D eigenvalue weighted by molar-refractivity contribution is 7.99. The number of rotatable bonds is 3. The Morgan fingerprint density at radius 1 is 1.41 bits per heavy atom. The molecule has 0 radical (unpaired) electrons. The Morgan fingerprint density at radius 3 is 3.06 bits per heavy atom. The number of hydrogen-bond donors (Lipinski definition) is 1. The molecule has 1 aromatic heterocycles. The standard InChI is InChI=1S/C14H17NOS/c1-10(15-12-6-7-17-9-12)14-8-11-4-2-3-5-13(11)16-14/h2-5,8,10,12,15H,6-7,9H2,1H3. The molecule has 1 aromatic carbocycles. The minimum Gasteiger partial charge on any atom is -0.459 e. The summed E-state index contributed by atoms with van der Waals surface area (Å²) < 4.78 is 5.87. The third-order valence-electron chi connectivity index (χ3n) is 3.29. The van der Waals surface area contributed by atoms with Gasteiger partial charge < -0.3 is 9.73 Å². The molecule has 0 amide bonds. The van der Waals surface area contributed by atoms with E-state index in [0.29, 0.717) is 12.1 Å². The Balaban J connectivity index is 1.77. The van der Waals surface area contributed by atoms with Gasteiger partial charge in [0.25, 0.3) is 0 Å². The van der Waals surface area contributed by atoms with Crippen molar-refractivity contribution in [2.75, 3.05) is 11.5 Å². The Kier molecular flexibility index (Phi) is 3.12. The summed E-state index contributed by atoms with van der Waals surface area (Å²) in [7, 11) is 0. The number of benzene rings is 1. The van der Waals surface area contributed by atoms with Gasteiger partial charge in [-0.05, 0) is 31.2 Å². The van der Waals surface area contributed by atoms with Crippen LogP contribution in [0, 0.1) is 0 Å². The molecule has 90 valence electrons. The van der Waals surface area contributed by atoms with Crippen molar-refractivity contribution in [3.8, 4) is 0 Å². The lowest BCUT2D eigenvalue weighted by atomic mass is 10.2. The molecule has 2 nitrogen and oxygen atoms in total. The SMILES string of the molecule is CC(NC1CCSC1)c1cc2ccccc2o1. The van der Waals surface area contributed by atoms with Gasteiger partial charge in [-0.3, -0.25) is 0 Å². The van der Waals surface area contributed by atoms with Gasteiger partial charge in [0.2, 0.25) is 0 Å². The lowest BCUT2D eigenvalue weighted by Crippen LogP contribution is -2.30. The molecule has 17 heavy (non-hydrogen) atoms. The molecule has 2 heterocycles. The van der Waals surface area contributed by atoms with Crippen molar-refractivity contribution in [1.82, 2.24) is 5.32 Å². The van der Waals surface area contributed by atoms with Crippen LogP contribution in [0.3, 0.4) is 0 Å². The fourth-order valence-electron chi connectivity index (χ4n) is 2.32. The Morgan fingerprint density at radius 2 is 2.29 bits per heavy atom. The molecule has 2 aromatic rings. The molecule has 3 heteroatoms. The predicted molar refractivity (Wildman–Crippen MR) is 73.5 cm³/mol. The van der Waals surface area contributed by atoms with Gasteiger partial charge >= 0.3 is 0 Å². The van der Waals surface area contributed by atoms with E-state index in [1.54, 1.807) is 0 Å². The summed E-state index contributed by atoms with van der Waals surface area (Å²) in [5, 5.41) is 4.83. The van der Waals surface area contributed by atoms with Crippen molar-refractivity contribution in [2.24, 2.45) is 0 Å². The minimum absolute atomic E-state index is 0.297. The molecule has 0 bridgehead atoms. The maximum Gasteiger partial charge on any atom is 0.134 e. The highest BCUT2D eigenvalue weighted by Crippen LogP contribution is 2.25. The van der Waals surface area contributed by atoms with Crippen LogP contribution in [0.2, 0.25) is 0 Å². The maximum atomic E-state index is 5.87. The van der Waals surface area contributed by atoms with Crippen molar-refractivity contribution in [2.45, 2.75) is 25.4 Å². The van der Waals surface area contributed by atoms with Crippen molar-refractivity contribution in [3.05, 3.63) is 36.1 Å². The summed E-state index contributed by atoms with van der Waals surface area (Å²) >= 11 is 2.03. The molecule has 0 spiro atoms. The maximum absolute atomic E-state index is 5.87. The summed E-state index contributed by atoms with van der Waals surface area (Å²) in [4.78, 5) is 0. The third-order valence-corrected chi connectivity index (χ3v) is 4.45. The van der Waals surface area contributed by atoms with Gasteiger partial charge in [0.15, 0.2) is 0 Å². The van der Waals surface area contributed by atoms with Gasteiger partial charge in [-0.25, -0.2) is 0 Å². The summed E-state index contributed by atoms with van der Waals surface area (Å²) in [6.45, 7) is 2.18. The molecule has 1 aliphatic rings. The fourth-order valence-corrected chi connectivity index (χ4v) is 3.48. The zero-order valence-electron chi connectivity index (χ0n) is 9.98. The van der Waals surface area contributed by atoms with E-state index in [1.165, 1.54) is 23.3 Å². The average molecular weight is 247 g/mol. The van der Waals surface area contributed by atoms with Crippen molar-refractivity contribution < 1.29 is 4.42 Å². The van der Waals surface area contributed by atoms with Gasteiger partial charge in [-0.1, -0.05) is 18.2 Å². The van der Waals surface area contributed by atoms with Crippen LogP contribution in [-0.2, 0) is 0 Å². The highest BCUT2D eigenvalue weighted by Gasteiger charge is 2.19. The molecule has 1 N–H and O–H groups in total. The van der Waals surface area contributed by atoms with Crippen molar-refractivity contribution in [3.63, 3.8) is 0 Å². The molecule has 0 aliphatic carbocycles. The van der Waals surface area contributed by atoms with E-state index in [9.17, 15) is 0 Å². The lowest BCUT2D eigenvalue weighted by Gasteiger charge is -2.16. The minimum atomic E-state index is 0.297. The Labute approximate surface area is 106 Å². The highest BCUT2D eigenvalue weighted by atomic mass is 32.2. The quantitative estimate of drug-likeness (QED) is 0.897. The Bertz CT molecular complexity index is 469. The van der Waals surface area contributed by atoms with Gasteiger partial charge in [-0.2, -0.15) is 11.8 Å². The summed E-state index contributed by atoms with van der Waals surface area (Å²) in [6.07, 6.45) is 1.27. The molecule has 1 saturated heterocycles. The van der Waals surface area contributed by atoms with Gasteiger partial charge in [0.1, 0.15) is 11.3 Å². The second kappa shape index (κ2) is 4.75. The topological polar surface area (TPSA) is 25.2 Å². The summed E-state index contributed by atoms with van der Waals surface area (Å²) in [5.74, 6) is 3.55. The number of hydrogen-bond acceptors (Lipinski definition) is 3. The smallest absolute Gasteiger partial charge is 0.134 e. The van der Waals surface area contributed by atoms with E-state index in [2.05, 4.69) is 24.4 Å². The van der Waals surface area contributed by atoms with Crippen LogP contribution in [0.1, 0.15) is 25.1 Å². The molecule has 0 saturated carbocycles. The second-order valence-corrected chi connectivity index (χ2v) is 5.79.